The molecule has 1 amide bonds. The summed E-state index contributed by atoms with van der Waals surface area (Å²) in [6, 6.07) is 1.44. The fraction of sp³-hybridized carbons (Fsp3) is 0.471. The number of anilines is 1. The highest BCUT2D eigenvalue weighted by Crippen LogP contribution is 2.20. The number of nitrogens with zero attached hydrogens (tertiary/aromatic N) is 5. The van der Waals surface area contributed by atoms with E-state index in [1.54, 1.807) is 18.5 Å². The normalized spacial score (nSPS) is 15.8. The summed E-state index contributed by atoms with van der Waals surface area (Å²) in [6.07, 6.45) is 5.99. The summed E-state index contributed by atoms with van der Waals surface area (Å²) in [5, 5.41) is 2.76. The van der Waals surface area contributed by atoms with Crippen molar-refractivity contribution in [2.24, 2.45) is 0 Å². The van der Waals surface area contributed by atoms with Gasteiger partial charge in [0.25, 0.3) is 0 Å². The lowest BCUT2D eigenvalue weighted by Crippen LogP contribution is -2.45. The van der Waals surface area contributed by atoms with Crippen LogP contribution in [0.25, 0.3) is 0 Å². The molecule has 0 bridgehead atoms. The summed E-state index contributed by atoms with van der Waals surface area (Å²) in [5.74, 6) is 1.37. The van der Waals surface area contributed by atoms with E-state index in [0.717, 1.165) is 24.5 Å². The Balaban J connectivity index is 1.69. The number of amides is 1. The molecular formula is C17H22N6O. The number of carbonyl (C=O) groups excluding carboxylic acids is 1. The molecule has 3 rings (SSSR count). The fourth-order valence-corrected chi connectivity index (χ4v) is 2.69. The first-order valence-corrected chi connectivity index (χ1v) is 8.21. The molecule has 1 unspecified atom stereocenters. The van der Waals surface area contributed by atoms with Gasteiger partial charge in [0.1, 0.15) is 5.82 Å². The van der Waals surface area contributed by atoms with Crippen LogP contribution in [0.15, 0.2) is 24.7 Å². The van der Waals surface area contributed by atoms with E-state index in [2.05, 4.69) is 44.0 Å². The van der Waals surface area contributed by atoms with E-state index in [9.17, 15) is 4.79 Å². The topological polar surface area (TPSA) is 83.9 Å². The number of nitrogens with one attached hydrogen (secondary N) is 1. The van der Waals surface area contributed by atoms with Crippen LogP contribution >= 0.6 is 0 Å². The fourth-order valence-electron chi connectivity index (χ4n) is 2.69. The molecule has 0 spiro atoms. The van der Waals surface area contributed by atoms with Gasteiger partial charge in [-0.15, -0.1) is 0 Å². The van der Waals surface area contributed by atoms with Gasteiger partial charge in [0.2, 0.25) is 11.9 Å². The molecular weight excluding hydrogens is 304 g/mol. The second-order valence-corrected chi connectivity index (χ2v) is 6.31. The molecule has 2 aromatic rings. The zero-order valence-electron chi connectivity index (χ0n) is 14.2. The third-order valence-corrected chi connectivity index (χ3v) is 4.24. The second kappa shape index (κ2) is 7.00. The molecule has 0 radical (unpaired) electrons. The highest BCUT2D eigenvalue weighted by atomic mass is 16.2. The van der Waals surface area contributed by atoms with Crippen molar-refractivity contribution in [3.8, 4) is 0 Å². The molecule has 0 saturated heterocycles. The van der Waals surface area contributed by atoms with Crippen molar-refractivity contribution in [3.63, 3.8) is 0 Å². The van der Waals surface area contributed by atoms with Gasteiger partial charge in [-0.2, -0.15) is 0 Å². The van der Waals surface area contributed by atoms with Gasteiger partial charge in [0.15, 0.2) is 0 Å². The Morgan fingerprint density at radius 3 is 2.67 bits per heavy atom. The number of aromatic nitrogens is 4. The first-order valence-electron chi connectivity index (χ1n) is 8.21. The SMILES string of the molecule is CC(C)c1ncc2c(n1)CN(C(C)C(=O)Nc1ncccn1)CC2. The summed E-state index contributed by atoms with van der Waals surface area (Å²) < 4.78 is 0. The van der Waals surface area contributed by atoms with E-state index in [0.29, 0.717) is 18.4 Å². The van der Waals surface area contributed by atoms with E-state index in [4.69, 9.17) is 0 Å². The molecule has 7 heteroatoms. The minimum Gasteiger partial charge on any atom is -0.293 e. The van der Waals surface area contributed by atoms with Crippen molar-refractivity contribution < 1.29 is 4.79 Å². The maximum Gasteiger partial charge on any atom is 0.243 e. The van der Waals surface area contributed by atoms with Gasteiger partial charge in [0.05, 0.1) is 11.7 Å². The third-order valence-electron chi connectivity index (χ3n) is 4.24. The molecule has 0 fully saturated rings. The Kier molecular flexibility index (Phi) is 4.80. The average molecular weight is 326 g/mol. The van der Waals surface area contributed by atoms with Crippen molar-refractivity contribution >= 4 is 11.9 Å². The van der Waals surface area contributed by atoms with Gasteiger partial charge in [-0.3, -0.25) is 15.0 Å². The molecule has 1 aliphatic rings. The first-order chi connectivity index (χ1) is 11.5. The maximum atomic E-state index is 12.4. The minimum atomic E-state index is -0.278. The third kappa shape index (κ3) is 3.56. The van der Waals surface area contributed by atoms with Crippen LogP contribution < -0.4 is 5.32 Å². The monoisotopic (exact) mass is 326 g/mol. The molecule has 0 saturated carbocycles. The van der Waals surface area contributed by atoms with E-state index in [1.165, 1.54) is 5.56 Å². The maximum absolute atomic E-state index is 12.4. The van der Waals surface area contributed by atoms with Crippen molar-refractivity contribution in [1.82, 2.24) is 24.8 Å². The van der Waals surface area contributed by atoms with Gasteiger partial charge < -0.3 is 0 Å². The van der Waals surface area contributed by atoms with E-state index in [-0.39, 0.29) is 11.9 Å². The van der Waals surface area contributed by atoms with Crippen molar-refractivity contribution in [2.75, 3.05) is 11.9 Å². The first kappa shape index (κ1) is 16.4. The highest BCUT2D eigenvalue weighted by molar-refractivity contribution is 5.93. The van der Waals surface area contributed by atoms with Gasteiger partial charge in [-0.1, -0.05) is 13.8 Å². The van der Waals surface area contributed by atoms with Gasteiger partial charge in [-0.05, 0) is 25.0 Å². The van der Waals surface area contributed by atoms with Crippen LogP contribution in [0.2, 0.25) is 0 Å². The van der Waals surface area contributed by atoms with Crippen molar-refractivity contribution in [1.29, 1.82) is 0 Å². The molecule has 0 aliphatic carbocycles. The Bertz CT molecular complexity index is 718. The minimum absolute atomic E-state index is 0.109. The number of hydrogen-bond donors (Lipinski definition) is 1. The quantitative estimate of drug-likeness (QED) is 0.922. The van der Waals surface area contributed by atoms with Crippen LogP contribution in [-0.4, -0.2) is 43.3 Å². The number of rotatable bonds is 4. The Hall–Kier alpha value is -2.41. The molecule has 126 valence electrons. The number of hydrogen-bond acceptors (Lipinski definition) is 6. The molecule has 2 aromatic heterocycles. The molecule has 24 heavy (non-hydrogen) atoms. The van der Waals surface area contributed by atoms with Gasteiger partial charge >= 0.3 is 0 Å². The van der Waals surface area contributed by atoms with Gasteiger partial charge in [-0.25, -0.2) is 19.9 Å². The van der Waals surface area contributed by atoms with Crippen LogP contribution in [0, 0.1) is 0 Å². The molecule has 0 aromatic carbocycles. The lowest BCUT2D eigenvalue weighted by molar-refractivity contribution is -0.121. The summed E-state index contributed by atoms with van der Waals surface area (Å²) in [5.41, 5.74) is 2.20. The van der Waals surface area contributed by atoms with Crippen LogP contribution in [-0.2, 0) is 17.8 Å². The average Bonchev–Trinajstić information content (AvgIpc) is 2.60. The lowest BCUT2D eigenvalue weighted by atomic mass is 10.0. The standard InChI is InChI=1S/C17H22N6O/c1-11(2)15-20-9-13-5-8-23(10-14(13)21-15)12(3)16(24)22-17-18-6-4-7-19-17/h4,6-7,9,11-12H,5,8,10H2,1-3H3,(H,18,19,22,24). The smallest absolute Gasteiger partial charge is 0.243 e. The van der Waals surface area contributed by atoms with E-state index >= 15 is 0 Å². The molecule has 1 atom stereocenters. The summed E-state index contributed by atoms with van der Waals surface area (Å²) in [4.78, 5) is 31.7. The number of fused-ring (bicyclic) bond motifs is 1. The molecule has 3 heterocycles. The predicted octanol–water partition coefficient (Wildman–Crippen LogP) is 1.78. The van der Waals surface area contributed by atoms with Crippen LogP contribution in [0.5, 0.6) is 0 Å². The zero-order chi connectivity index (χ0) is 17.1. The molecule has 1 aliphatic heterocycles. The summed E-state index contributed by atoms with van der Waals surface area (Å²) >= 11 is 0. The number of carbonyl (C=O) groups is 1. The van der Waals surface area contributed by atoms with Crippen molar-refractivity contribution in [3.05, 3.63) is 41.7 Å². The predicted molar refractivity (Wildman–Crippen MR) is 90.4 cm³/mol. The van der Waals surface area contributed by atoms with Gasteiger partial charge in [0, 0.05) is 37.6 Å². The Morgan fingerprint density at radius 1 is 1.21 bits per heavy atom. The Labute approximate surface area is 141 Å². The second-order valence-electron chi connectivity index (χ2n) is 6.31. The van der Waals surface area contributed by atoms with Crippen LogP contribution in [0.1, 0.15) is 43.8 Å². The van der Waals surface area contributed by atoms with E-state index in [1.807, 2.05) is 13.1 Å². The van der Waals surface area contributed by atoms with E-state index < -0.39 is 0 Å². The van der Waals surface area contributed by atoms with Crippen molar-refractivity contribution in [2.45, 2.75) is 45.7 Å². The summed E-state index contributed by atoms with van der Waals surface area (Å²) in [6.45, 7) is 7.52. The lowest BCUT2D eigenvalue weighted by Gasteiger charge is -2.32. The van der Waals surface area contributed by atoms with Crippen LogP contribution in [0.4, 0.5) is 5.95 Å². The Morgan fingerprint density at radius 2 is 1.96 bits per heavy atom. The van der Waals surface area contributed by atoms with Crippen LogP contribution in [0.3, 0.4) is 0 Å². The molecule has 7 nitrogen and oxygen atoms in total. The zero-order valence-corrected chi connectivity index (χ0v) is 14.2. The highest BCUT2D eigenvalue weighted by Gasteiger charge is 2.27. The largest absolute Gasteiger partial charge is 0.293 e. The molecule has 1 N–H and O–H groups in total. The summed E-state index contributed by atoms with van der Waals surface area (Å²) in [7, 11) is 0.